The summed E-state index contributed by atoms with van der Waals surface area (Å²) in [5.41, 5.74) is 2.41. The molecule has 17 heavy (non-hydrogen) atoms. The summed E-state index contributed by atoms with van der Waals surface area (Å²) < 4.78 is 0. The Kier molecular flexibility index (Phi) is 2.97. The second-order valence-electron chi connectivity index (χ2n) is 3.74. The Morgan fingerprint density at radius 1 is 1.06 bits per heavy atom. The molecule has 3 heteroatoms. The van der Waals surface area contributed by atoms with Crippen molar-refractivity contribution >= 4 is 11.4 Å². The number of rotatable bonds is 2. The van der Waals surface area contributed by atoms with E-state index in [2.05, 4.69) is 6.07 Å². The topological polar surface area (TPSA) is 47.3 Å². The smallest absolute Gasteiger partial charge is 0.117 e. The third kappa shape index (κ3) is 2.37. The summed E-state index contributed by atoms with van der Waals surface area (Å²) in [6.45, 7) is 0. The zero-order chi connectivity index (χ0) is 12.3. The van der Waals surface area contributed by atoms with Crippen molar-refractivity contribution in [2.45, 2.75) is 0 Å². The molecule has 0 saturated carbocycles. The molecular formula is C14H12N2O. The first-order valence-electron chi connectivity index (χ1n) is 5.23. The van der Waals surface area contributed by atoms with Crippen molar-refractivity contribution in [3.8, 4) is 11.8 Å². The molecule has 0 heterocycles. The fourth-order valence-electron chi connectivity index (χ4n) is 1.63. The quantitative estimate of drug-likeness (QED) is 0.852. The lowest BCUT2D eigenvalue weighted by molar-refractivity contribution is 0.475. The van der Waals surface area contributed by atoms with E-state index in [4.69, 9.17) is 5.26 Å². The summed E-state index contributed by atoms with van der Waals surface area (Å²) in [5, 5.41) is 18.3. The average Bonchev–Trinajstić information content (AvgIpc) is 2.38. The molecule has 2 aromatic carbocycles. The summed E-state index contributed by atoms with van der Waals surface area (Å²) in [6, 6.07) is 16.4. The van der Waals surface area contributed by atoms with Gasteiger partial charge in [0.2, 0.25) is 0 Å². The van der Waals surface area contributed by atoms with Crippen LogP contribution in [0.1, 0.15) is 5.56 Å². The molecule has 3 nitrogen and oxygen atoms in total. The van der Waals surface area contributed by atoms with Crippen LogP contribution in [-0.4, -0.2) is 12.2 Å². The Morgan fingerprint density at radius 3 is 2.35 bits per heavy atom. The molecule has 0 aliphatic rings. The molecule has 84 valence electrons. The van der Waals surface area contributed by atoms with Gasteiger partial charge in [-0.2, -0.15) is 5.26 Å². The molecule has 0 spiro atoms. The maximum atomic E-state index is 9.43. The SMILES string of the molecule is CN(c1cccc(O)c1)c1cccc(C#N)c1. The van der Waals surface area contributed by atoms with E-state index in [1.807, 2.05) is 36.2 Å². The first-order chi connectivity index (χ1) is 8.20. The van der Waals surface area contributed by atoms with Crippen LogP contribution in [0.15, 0.2) is 48.5 Å². The van der Waals surface area contributed by atoms with E-state index < -0.39 is 0 Å². The van der Waals surface area contributed by atoms with Crippen molar-refractivity contribution in [3.63, 3.8) is 0 Å². The van der Waals surface area contributed by atoms with E-state index in [1.165, 1.54) is 0 Å². The summed E-state index contributed by atoms with van der Waals surface area (Å²) in [4.78, 5) is 1.92. The van der Waals surface area contributed by atoms with Crippen LogP contribution in [-0.2, 0) is 0 Å². The minimum Gasteiger partial charge on any atom is -0.508 e. The Bertz CT molecular complexity index is 572. The van der Waals surface area contributed by atoms with Gasteiger partial charge in [0.25, 0.3) is 0 Å². The molecule has 0 aliphatic heterocycles. The molecule has 0 atom stereocenters. The minimum absolute atomic E-state index is 0.228. The first-order valence-corrected chi connectivity index (χ1v) is 5.23. The molecular weight excluding hydrogens is 212 g/mol. The lowest BCUT2D eigenvalue weighted by Crippen LogP contribution is -2.09. The van der Waals surface area contributed by atoms with E-state index in [0.29, 0.717) is 5.56 Å². The van der Waals surface area contributed by atoms with Crippen LogP contribution >= 0.6 is 0 Å². The maximum Gasteiger partial charge on any atom is 0.117 e. The van der Waals surface area contributed by atoms with Crippen molar-refractivity contribution in [1.29, 1.82) is 5.26 Å². The molecule has 0 aromatic heterocycles. The van der Waals surface area contributed by atoms with Crippen LogP contribution in [0.2, 0.25) is 0 Å². The average molecular weight is 224 g/mol. The highest BCUT2D eigenvalue weighted by Crippen LogP contribution is 2.26. The maximum absolute atomic E-state index is 9.43. The standard InChI is InChI=1S/C14H12N2O/c1-16(13-6-3-7-14(17)9-13)12-5-2-4-11(8-12)10-15/h2-9,17H,1H3. The van der Waals surface area contributed by atoms with Crippen LogP contribution in [0, 0.1) is 11.3 Å². The van der Waals surface area contributed by atoms with Crippen LogP contribution in [0.25, 0.3) is 0 Å². The molecule has 0 unspecified atom stereocenters. The van der Waals surface area contributed by atoms with Crippen molar-refractivity contribution in [1.82, 2.24) is 0 Å². The number of phenols is 1. The second kappa shape index (κ2) is 4.58. The van der Waals surface area contributed by atoms with Crippen LogP contribution in [0.4, 0.5) is 11.4 Å². The fourth-order valence-corrected chi connectivity index (χ4v) is 1.63. The third-order valence-electron chi connectivity index (χ3n) is 2.58. The van der Waals surface area contributed by atoms with Crippen molar-refractivity contribution in [2.75, 3.05) is 11.9 Å². The summed E-state index contributed by atoms with van der Waals surface area (Å²) >= 11 is 0. The molecule has 2 rings (SSSR count). The minimum atomic E-state index is 0.228. The molecule has 0 bridgehead atoms. The van der Waals surface area contributed by atoms with Gasteiger partial charge in [-0.3, -0.25) is 0 Å². The molecule has 0 aliphatic carbocycles. The van der Waals surface area contributed by atoms with E-state index in [0.717, 1.165) is 11.4 Å². The van der Waals surface area contributed by atoms with Crippen molar-refractivity contribution < 1.29 is 5.11 Å². The summed E-state index contributed by atoms with van der Waals surface area (Å²) in [7, 11) is 1.89. The van der Waals surface area contributed by atoms with Gasteiger partial charge in [-0.15, -0.1) is 0 Å². The zero-order valence-electron chi connectivity index (χ0n) is 9.46. The van der Waals surface area contributed by atoms with Crippen LogP contribution in [0.3, 0.4) is 0 Å². The number of hydrogen-bond acceptors (Lipinski definition) is 3. The lowest BCUT2D eigenvalue weighted by atomic mass is 10.2. The summed E-state index contributed by atoms with van der Waals surface area (Å²) in [5.74, 6) is 0.228. The van der Waals surface area contributed by atoms with Gasteiger partial charge in [0.05, 0.1) is 11.6 Å². The van der Waals surface area contributed by atoms with Gasteiger partial charge < -0.3 is 10.0 Å². The monoisotopic (exact) mass is 224 g/mol. The number of anilines is 2. The number of nitriles is 1. The van der Waals surface area contributed by atoms with Gasteiger partial charge >= 0.3 is 0 Å². The highest BCUT2D eigenvalue weighted by molar-refractivity contribution is 5.65. The van der Waals surface area contributed by atoms with Crippen LogP contribution in [0.5, 0.6) is 5.75 Å². The van der Waals surface area contributed by atoms with E-state index in [-0.39, 0.29) is 5.75 Å². The van der Waals surface area contributed by atoms with Crippen molar-refractivity contribution in [3.05, 3.63) is 54.1 Å². The Labute approximate surface area is 100 Å². The van der Waals surface area contributed by atoms with Gasteiger partial charge in [0, 0.05) is 24.5 Å². The van der Waals surface area contributed by atoms with Gasteiger partial charge in [0.1, 0.15) is 5.75 Å². The predicted molar refractivity (Wildman–Crippen MR) is 67.3 cm³/mol. The summed E-state index contributed by atoms with van der Waals surface area (Å²) in [6.07, 6.45) is 0. The van der Waals surface area contributed by atoms with Gasteiger partial charge in [-0.1, -0.05) is 12.1 Å². The third-order valence-corrected chi connectivity index (χ3v) is 2.58. The molecule has 0 fully saturated rings. The predicted octanol–water partition coefficient (Wildman–Crippen LogP) is 3.03. The Balaban J connectivity index is 2.37. The molecule has 0 radical (unpaired) electrons. The van der Waals surface area contributed by atoms with Gasteiger partial charge in [-0.25, -0.2) is 0 Å². The van der Waals surface area contributed by atoms with Crippen molar-refractivity contribution in [2.24, 2.45) is 0 Å². The largest absolute Gasteiger partial charge is 0.508 e. The van der Waals surface area contributed by atoms with Gasteiger partial charge in [-0.05, 0) is 30.3 Å². The fraction of sp³-hybridized carbons (Fsp3) is 0.0714. The highest BCUT2D eigenvalue weighted by atomic mass is 16.3. The number of hydrogen-bond donors (Lipinski definition) is 1. The molecule has 0 saturated heterocycles. The highest BCUT2D eigenvalue weighted by Gasteiger charge is 2.04. The molecule has 0 amide bonds. The molecule has 1 N–H and O–H groups in total. The normalized spacial score (nSPS) is 9.65. The molecule has 2 aromatic rings. The van der Waals surface area contributed by atoms with E-state index >= 15 is 0 Å². The van der Waals surface area contributed by atoms with Crippen LogP contribution < -0.4 is 4.90 Å². The number of aromatic hydroxyl groups is 1. The van der Waals surface area contributed by atoms with E-state index in [9.17, 15) is 5.11 Å². The Morgan fingerprint density at radius 2 is 1.71 bits per heavy atom. The number of phenolic OH excluding ortho intramolecular Hbond substituents is 1. The Hall–Kier alpha value is -2.47. The first kappa shape index (κ1) is 11.0. The number of benzene rings is 2. The zero-order valence-corrected chi connectivity index (χ0v) is 9.46. The lowest BCUT2D eigenvalue weighted by Gasteiger charge is -2.19. The van der Waals surface area contributed by atoms with Gasteiger partial charge in [0.15, 0.2) is 0 Å². The number of nitrogens with zero attached hydrogens (tertiary/aromatic N) is 2. The van der Waals surface area contributed by atoms with E-state index in [1.54, 1.807) is 24.3 Å². The second-order valence-corrected chi connectivity index (χ2v) is 3.74.